The maximum atomic E-state index is 11.3. The molecule has 4 nitrogen and oxygen atoms in total. The highest BCUT2D eigenvalue weighted by Gasteiger charge is 2.34. The number of carbonyl (C=O) groups excluding carboxylic acids is 2. The number of likely N-dealkylation sites (tertiary alicyclic amines) is 1. The second-order valence-corrected chi connectivity index (χ2v) is 3.26. The van der Waals surface area contributed by atoms with Gasteiger partial charge in [0.05, 0.1) is 13.0 Å². The van der Waals surface area contributed by atoms with Crippen LogP contribution in [0.15, 0.2) is 0 Å². The predicted octanol–water partition coefficient (Wildman–Crippen LogP) is 0.418. The zero-order valence-corrected chi connectivity index (χ0v) is 8.08. The van der Waals surface area contributed by atoms with Gasteiger partial charge in [-0.3, -0.25) is 9.59 Å². The van der Waals surface area contributed by atoms with Crippen LogP contribution in [0, 0.1) is 5.92 Å². The van der Waals surface area contributed by atoms with Crippen LogP contribution in [0.4, 0.5) is 0 Å². The van der Waals surface area contributed by atoms with Crippen molar-refractivity contribution in [2.24, 2.45) is 5.92 Å². The summed E-state index contributed by atoms with van der Waals surface area (Å²) < 4.78 is 4.59. The molecule has 1 fully saturated rings. The van der Waals surface area contributed by atoms with Crippen molar-refractivity contribution in [3.05, 3.63) is 0 Å². The number of nitrogens with zero attached hydrogens (tertiary/aromatic N) is 1. The van der Waals surface area contributed by atoms with E-state index in [0.29, 0.717) is 13.0 Å². The minimum atomic E-state index is -0.271. The van der Waals surface area contributed by atoms with E-state index in [2.05, 4.69) is 4.74 Å². The van der Waals surface area contributed by atoms with Gasteiger partial charge in [-0.15, -0.1) is 0 Å². The van der Waals surface area contributed by atoms with Crippen LogP contribution in [-0.2, 0) is 14.3 Å². The van der Waals surface area contributed by atoms with E-state index in [9.17, 15) is 9.59 Å². The highest BCUT2D eigenvalue weighted by molar-refractivity contribution is 5.86. The zero-order chi connectivity index (χ0) is 9.84. The molecule has 0 saturated carbocycles. The smallest absolute Gasteiger partial charge is 0.310 e. The Morgan fingerprint density at radius 2 is 2.38 bits per heavy atom. The molecule has 0 unspecified atom stereocenters. The third-order valence-corrected chi connectivity index (χ3v) is 2.24. The second-order valence-electron chi connectivity index (χ2n) is 3.26. The first-order valence-electron chi connectivity index (χ1n) is 4.54. The van der Waals surface area contributed by atoms with Crippen molar-refractivity contribution < 1.29 is 14.3 Å². The molecular formula is C9H15NO3. The second kappa shape index (κ2) is 4.25. The summed E-state index contributed by atoms with van der Waals surface area (Å²) in [5, 5.41) is 0. The average molecular weight is 185 g/mol. The van der Waals surface area contributed by atoms with Gasteiger partial charge in [-0.2, -0.15) is 0 Å². The average Bonchev–Trinajstić information content (AvgIpc) is 2.47. The largest absolute Gasteiger partial charge is 0.469 e. The summed E-state index contributed by atoms with van der Waals surface area (Å²) in [6.45, 7) is 3.28. The van der Waals surface area contributed by atoms with Gasteiger partial charge in [-0.25, -0.2) is 0 Å². The van der Waals surface area contributed by atoms with Gasteiger partial charge in [0.2, 0.25) is 5.91 Å². The molecule has 1 saturated heterocycles. The van der Waals surface area contributed by atoms with Crippen molar-refractivity contribution in [3.8, 4) is 0 Å². The van der Waals surface area contributed by atoms with Gasteiger partial charge in [0.15, 0.2) is 0 Å². The Labute approximate surface area is 77.8 Å². The molecule has 1 aliphatic rings. The molecule has 13 heavy (non-hydrogen) atoms. The molecule has 4 heteroatoms. The van der Waals surface area contributed by atoms with Crippen molar-refractivity contribution in [1.29, 1.82) is 0 Å². The van der Waals surface area contributed by atoms with Gasteiger partial charge in [0, 0.05) is 19.5 Å². The Balaban J connectivity index is 2.49. The monoisotopic (exact) mass is 185 g/mol. The molecular weight excluding hydrogens is 170 g/mol. The van der Waals surface area contributed by atoms with Gasteiger partial charge in [0.1, 0.15) is 0 Å². The third-order valence-electron chi connectivity index (χ3n) is 2.24. The van der Waals surface area contributed by atoms with Gasteiger partial charge < -0.3 is 9.64 Å². The van der Waals surface area contributed by atoms with E-state index in [4.69, 9.17) is 0 Å². The topological polar surface area (TPSA) is 46.6 Å². The number of amides is 1. The highest BCUT2D eigenvalue weighted by Crippen LogP contribution is 2.18. The predicted molar refractivity (Wildman–Crippen MR) is 47.0 cm³/mol. The third kappa shape index (κ3) is 2.20. The number of rotatable bonds is 3. The molecule has 1 atom stereocenters. The maximum Gasteiger partial charge on any atom is 0.310 e. The number of esters is 1. The quantitative estimate of drug-likeness (QED) is 0.598. The number of carbonyl (C=O) groups is 2. The van der Waals surface area contributed by atoms with Gasteiger partial charge >= 0.3 is 5.97 Å². The summed E-state index contributed by atoms with van der Waals surface area (Å²) in [6, 6.07) is 0. The zero-order valence-electron chi connectivity index (χ0n) is 8.08. The lowest BCUT2D eigenvalue weighted by Gasteiger charge is -2.14. The van der Waals surface area contributed by atoms with Gasteiger partial charge in [-0.1, -0.05) is 6.92 Å². The SMILES string of the molecule is CCCN1C[C@H](C(=O)OC)CC1=O. The number of hydrogen-bond donors (Lipinski definition) is 0. The highest BCUT2D eigenvalue weighted by atomic mass is 16.5. The molecule has 1 heterocycles. The van der Waals surface area contributed by atoms with Crippen LogP contribution in [0.5, 0.6) is 0 Å². The summed E-state index contributed by atoms with van der Waals surface area (Å²) in [5.74, 6) is -0.451. The van der Waals surface area contributed by atoms with Crippen LogP contribution in [0.1, 0.15) is 19.8 Å². The molecule has 1 rings (SSSR count). The van der Waals surface area contributed by atoms with Crippen molar-refractivity contribution in [1.82, 2.24) is 4.90 Å². The normalized spacial score (nSPS) is 22.2. The molecule has 74 valence electrons. The van der Waals surface area contributed by atoms with Crippen LogP contribution >= 0.6 is 0 Å². The van der Waals surface area contributed by atoms with Crippen LogP contribution in [-0.4, -0.2) is 37.0 Å². The lowest BCUT2D eigenvalue weighted by molar-refractivity contribution is -0.145. The molecule has 0 aromatic carbocycles. The van der Waals surface area contributed by atoms with Crippen LogP contribution in [0.2, 0.25) is 0 Å². The summed E-state index contributed by atoms with van der Waals surface area (Å²) in [5.41, 5.74) is 0. The van der Waals surface area contributed by atoms with Crippen LogP contribution < -0.4 is 0 Å². The van der Waals surface area contributed by atoms with E-state index in [1.165, 1.54) is 7.11 Å². The summed E-state index contributed by atoms with van der Waals surface area (Å²) in [6.07, 6.45) is 1.24. The van der Waals surface area contributed by atoms with E-state index in [0.717, 1.165) is 13.0 Å². The fourth-order valence-electron chi connectivity index (χ4n) is 1.58. The first-order valence-corrected chi connectivity index (χ1v) is 4.54. The Bertz CT molecular complexity index is 215. The first-order chi connectivity index (χ1) is 6.19. The van der Waals surface area contributed by atoms with E-state index >= 15 is 0 Å². The molecule has 0 aliphatic carbocycles. The Kier molecular flexibility index (Phi) is 3.28. The Morgan fingerprint density at radius 1 is 1.69 bits per heavy atom. The summed E-state index contributed by atoms with van der Waals surface area (Å²) in [7, 11) is 1.36. The summed E-state index contributed by atoms with van der Waals surface area (Å²) >= 11 is 0. The lowest BCUT2D eigenvalue weighted by atomic mass is 10.1. The first kappa shape index (κ1) is 10.0. The lowest BCUT2D eigenvalue weighted by Crippen LogP contribution is -2.27. The fraction of sp³-hybridized carbons (Fsp3) is 0.778. The van der Waals surface area contributed by atoms with E-state index < -0.39 is 0 Å². The molecule has 0 N–H and O–H groups in total. The van der Waals surface area contributed by atoms with Crippen molar-refractivity contribution in [3.63, 3.8) is 0 Å². The summed E-state index contributed by atoms with van der Waals surface area (Å²) in [4.78, 5) is 24.1. The molecule has 0 aromatic rings. The van der Waals surface area contributed by atoms with Crippen molar-refractivity contribution in [2.45, 2.75) is 19.8 Å². The Hall–Kier alpha value is -1.06. The molecule has 0 bridgehead atoms. The standard InChI is InChI=1S/C9H15NO3/c1-3-4-10-6-7(5-8(10)11)9(12)13-2/h7H,3-6H2,1-2H3/t7-/m1/s1. The minimum absolute atomic E-state index is 0.0669. The molecule has 1 amide bonds. The maximum absolute atomic E-state index is 11.3. The van der Waals surface area contributed by atoms with E-state index in [1.54, 1.807) is 4.90 Å². The molecule has 0 spiro atoms. The van der Waals surface area contributed by atoms with E-state index in [-0.39, 0.29) is 17.8 Å². The van der Waals surface area contributed by atoms with E-state index in [1.807, 2.05) is 6.92 Å². The van der Waals surface area contributed by atoms with Gasteiger partial charge in [0.25, 0.3) is 0 Å². The van der Waals surface area contributed by atoms with Crippen molar-refractivity contribution in [2.75, 3.05) is 20.2 Å². The fourth-order valence-corrected chi connectivity index (χ4v) is 1.58. The minimum Gasteiger partial charge on any atom is -0.469 e. The van der Waals surface area contributed by atoms with Crippen LogP contribution in [0.3, 0.4) is 0 Å². The van der Waals surface area contributed by atoms with Crippen molar-refractivity contribution >= 4 is 11.9 Å². The molecule has 0 aromatic heterocycles. The van der Waals surface area contributed by atoms with Gasteiger partial charge in [-0.05, 0) is 6.42 Å². The molecule has 1 aliphatic heterocycles. The van der Waals surface area contributed by atoms with Crippen LogP contribution in [0.25, 0.3) is 0 Å². The number of hydrogen-bond acceptors (Lipinski definition) is 3. The Morgan fingerprint density at radius 3 is 2.92 bits per heavy atom. The number of ether oxygens (including phenoxy) is 1. The number of methoxy groups -OCH3 is 1. The molecule has 0 radical (unpaired) electrons.